The van der Waals surface area contributed by atoms with Gasteiger partial charge >= 0.3 is 0 Å². The van der Waals surface area contributed by atoms with Gasteiger partial charge in [-0.25, -0.2) is 4.98 Å². The standard InChI is InChI=1S/C11H14N2O/c14-10-7-9(13-6-5-12-8-13)1-2-11(10)3-4-11/h5-8,10,14H,1-4H2. The molecule has 3 nitrogen and oxygen atoms in total. The minimum Gasteiger partial charge on any atom is -0.388 e. The van der Waals surface area contributed by atoms with Gasteiger partial charge in [0.1, 0.15) is 0 Å². The van der Waals surface area contributed by atoms with Crippen LogP contribution in [-0.4, -0.2) is 20.8 Å². The molecule has 1 unspecified atom stereocenters. The Hall–Kier alpha value is -1.09. The highest BCUT2D eigenvalue weighted by Gasteiger charge is 2.49. The molecule has 0 aliphatic heterocycles. The Morgan fingerprint density at radius 1 is 1.43 bits per heavy atom. The zero-order valence-electron chi connectivity index (χ0n) is 8.06. The molecule has 1 aromatic heterocycles. The van der Waals surface area contributed by atoms with E-state index in [2.05, 4.69) is 4.98 Å². The topological polar surface area (TPSA) is 38.0 Å². The summed E-state index contributed by atoms with van der Waals surface area (Å²) in [6.45, 7) is 0. The minimum atomic E-state index is -0.242. The highest BCUT2D eigenvalue weighted by molar-refractivity contribution is 5.48. The van der Waals surface area contributed by atoms with Gasteiger partial charge in [-0.1, -0.05) is 0 Å². The second-order valence-electron chi connectivity index (χ2n) is 4.44. The number of hydrogen-bond acceptors (Lipinski definition) is 2. The molecule has 1 saturated carbocycles. The molecule has 0 aromatic carbocycles. The van der Waals surface area contributed by atoms with Gasteiger partial charge in [-0.2, -0.15) is 0 Å². The average Bonchev–Trinajstić information content (AvgIpc) is 2.77. The van der Waals surface area contributed by atoms with Gasteiger partial charge in [0.25, 0.3) is 0 Å². The van der Waals surface area contributed by atoms with Gasteiger partial charge in [-0.05, 0) is 31.8 Å². The van der Waals surface area contributed by atoms with Crippen LogP contribution in [0.4, 0.5) is 0 Å². The molecule has 1 atom stereocenters. The molecule has 0 radical (unpaired) electrons. The molecule has 2 aliphatic carbocycles. The summed E-state index contributed by atoms with van der Waals surface area (Å²) in [7, 11) is 0. The number of hydrogen-bond donors (Lipinski definition) is 1. The summed E-state index contributed by atoms with van der Waals surface area (Å²) in [6.07, 6.45) is 11.8. The first-order chi connectivity index (χ1) is 6.80. The Morgan fingerprint density at radius 3 is 2.86 bits per heavy atom. The molecular formula is C11H14N2O. The van der Waals surface area contributed by atoms with Gasteiger partial charge < -0.3 is 9.67 Å². The highest BCUT2D eigenvalue weighted by atomic mass is 16.3. The van der Waals surface area contributed by atoms with Crippen LogP contribution in [-0.2, 0) is 0 Å². The molecule has 0 saturated heterocycles. The third-order valence-corrected chi connectivity index (χ3v) is 3.58. The lowest BCUT2D eigenvalue weighted by Gasteiger charge is -2.26. The first-order valence-electron chi connectivity index (χ1n) is 5.17. The first-order valence-corrected chi connectivity index (χ1v) is 5.17. The SMILES string of the molecule is OC1C=C(n2ccnc2)CCC12CC2. The van der Waals surface area contributed by atoms with Crippen LogP contribution in [0.5, 0.6) is 0 Å². The van der Waals surface area contributed by atoms with Crippen LogP contribution in [0.3, 0.4) is 0 Å². The number of imidazole rings is 1. The Morgan fingerprint density at radius 2 is 2.29 bits per heavy atom. The van der Waals surface area contributed by atoms with Crippen LogP contribution in [0.25, 0.3) is 5.70 Å². The predicted molar refractivity (Wildman–Crippen MR) is 53.4 cm³/mol. The van der Waals surface area contributed by atoms with E-state index < -0.39 is 0 Å². The van der Waals surface area contributed by atoms with Gasteiger partial charge in [-0.3, -0.25) is 0 Å². The molecule has 2 aliphatic rings. The fourth-order valence-electron chi connectivity index (χ4n) is 2.32. The van der Waals surface area contributed by atoms with Crippen LogP contribution < -0.4 is 0 Å². The summed E-state index contributed by atoms with van der Waals surface area (Å²) in [5.74, 6) is 0. The van der Waals surface area contributed by atoms with E-state index in [1.165, 1.54) is 18.5 Å². The summed E-state index contributed by atoms with van der Waals surface area (Å²) >= 11 is 0. The second kappa shape index (κ2) is 2.70. The van der Waals surface area contributed by atoms with Crippen molar-refractivity contribution in [3.8, 4) is 0 Å². The van der Waals surface area contributed by atoms with Crippen LogP contribution in [0.15, 0.2) is 24.8 Å². The summed E-state index contributed by atoms with van der Waals surface area (Å²) in [5, 5.41) is 9.96. The second-order valence-corrected chi connectivity index (χ2v) is 4.44. The Balaban J connectivity index is 1.89. The van der Waals surface area contributed by atoms with Crippen molar-refractivity contribution in [1.82, 2.24) is 9.55 Å². The molecule has 1 spiro atoms. The summed E-state index contributed by atoms with van der Waals surface area (Å²) in [6, 6.07) is 0. The maximum Gasteiger partial charge on any atom is 0.0989 e. The van der Waals surface area contributed by atoms with E-state index in [1.807, 2.05) is 16.8 Å². The van der Waals surface area contributed by atoms with E-state index in [0.29, 0.717) is 0 Å². The van der Waals surface area contributed by atoms with Crippen molar-refractivity contribution >= 4 is 5.70 Å². The Bertz CT molecular complexity index is 363. The lowest BCUT2D eigenvalue weighted by Crippen LogP contribution is -2.24. The first kappa shape index (κ1) is 8.24. The Kier molecular flexibility index (Phi) is 1.59. The number of allylic oxidation sites excluding steroid dienone is 1. The molecule has 0 amide bonds. The maximum atomic E-state index is 9.96. The van der Waals surface area contributed by atoms with Crippen molar-refractivity contribution in [2.45, 2.75) is 31.8 Å². The molecule has 1 heterocycles. The minimum absolute atomic E-state index is 0.242. The molecule has 3 rings (SSSR count). The van der Waals surface area contributed by atoms with Gasteiger partial charge in [0.05, 0.1) is 12.4 Å². The van der Waals surface area contributed by atoms with Gasteiger partial charge in [0.15, 0.2) is 0 Å². The van der Waals surface area contributed by atoms with E-state index in [4.69, 9.17) is 0 Å². The molecule has 0 bridgehead atoms. The molecule has 1 fully saturated rings. The summed E-state index contributed by atoms with van der Waals surface area (Å²) in [5.41, 5.74) is 1.44. The lowest BCUT2D eigenvalue weighted by molar-refractivity contribution is 0.125. The van der Waals surface area contributed by atoms with Crippen molar-refractivity contribution in [1.29, 1.82) is 0 Å². The predicted octanol–water partition coefficient (Wildman–Crippen LogP) is 1.66. The number of nitrogens with zero attached hydrogens (tertiary/aromatic N) is 2. The third kappa shape index (κ3) is 1.12. The number of rotatable bonds is 1. The van der Waals surface area contributed by atoms with E-state index in [0.717, 1.165) is 12.8 Å². The quantitative estimate of drug-likeness (QED) is 0.731. The summed E-state index contributed by atoms with van der Waals surface area (Å²) in [4.78, 5) is 4.01. The van der Waals surface area contributed by atoms with Crippen molar-refractivity contribution in [3.05, 3.63) is 24.8 Å². The average molecular weight is 190 g/mol. The van der Waals surface area contributed by atoms with Gasteiger partial charge in [0.2, 0.25) is 0 Å². The zero-order valence-corrected chi connectivity index (χ0v) is 8.06. The number of aliphatic hydroxyl groups is 1. The number of aromatic nitrogens is 2. The van der Waals surface area contributed by atoms with E-state index in [9.17, 15) is 5.11 Å². The van der Waals surface area contributed by atoms with E-state index in [-0.39, 0.29) is 11.5 Å². The van der Waals surface area contributed by atoms with E-state index in [1.54, 1.807) is 12.5 Å². The molecular weight excluding hydrogens is 176 g/mol. The van der Waals surface area contributed by atoms with Crippen molar-refractivity contribution in [2.24, 2.45) is 5.41 Å². The van der Waals surface area contributed by atoms with Gasteiger partial charge in [0, 0.05) is 23.5 Å². The largest absolute Gasteiger partial charge is 0.388 e. The molecule has 1 aromatic rings. The maximum absolute atomic E-state index is 9.96. The van der Waals surface area contributed by atoms with Gasteiger partial charge in [-0.15, -0.1) is 0 Å². The van der Waals surface area contributed by atoms with Crippen LogP contribution >= 0.6 is 0 Å². The van der Waals surface area contributed by atoms with Crippen LogP contribution in [0, 0.1) is 5.41 Å². The smallest absolute Gasteiger partial charge is 0.0989 e. The Labute approximate surface area is 83.1 Å². The fourth-order valence-corrected chi connectivity index (χ4v) is 2.32. The molecule has 1 N–H and O–H groups in total. The normalized spacial score (nSPS) is 28.9. The third-order valence-electron chi connectivity index (χ3n) is 3.58. The highest BCUT2D eigenvalue weighted by Crippen LogP contribution is 2.55. The van der Waals surface area contributed by atoms with Crippen LogP contribution in [0.1, 0.15) is 25.7 Å². The van der Waals surface area contributed by atoms with Crippen molar-refractivity contribution < 1.29 is 5.11 Å². The molecule has 74 valence electrons. The fraction of sp³-hybridized carbons (Fsp3) is 0.545. The monoisotopic (exact) mass is 190 g/mol. The van der Waals surface area contributed by atoms with Crippen molar-refractivity contribution in [2.75, 3.05) is 0 Å². The number of aliphatic hydroxyl groups excluding tert-OH is 1. The lowest BCUT2D eigenvalue weighted by atomic mass is 9.87. The zero-order chi connectivity index (χ0) is 9.60. The van der Waals surface area contributed by atoms with Crippen molar-refractivity contribution in [3.63, 3.8) is 0 Å². The summed E-state index contributed by atoms with van der Waals surface area (Å²) < 4.78 is 2.00. The van der Waals surface area contributed by atoms with E-state index >= 15 is 0 Å². The molecule has 3 heteroatoms. The van der Waals surface area contributed by atoms with Crippen LogP contribution in [0.2, 0.25) is 0 Å². The molecule has 14 heavy (non-hydrogen) atoms.